The lowest BCUT2D eigenvalue weighted by Gasteiger charge is -2.28. The fourth-order valence-corrected chi connectivity index (χ4v) is 4.00. The minimum absolute atomic E-state index is 0.0638. The summed E-state index contributed by atoms with van der Waals surface area (Å²) in [5.74, 6) is 1.22. The Hall–Kier alpha value is -0.130. The molecular weight excluding hydrogens is 363 g/mol. The van der Waals surface area contributed by atoms with Crippen LogP contribution in [0.4, 0.5) is 0 Å². The van der Waals surface area contributed by atoms with Gasteiger partial charge in [0.25, 0.3) is 0 Å². The van der Waals surface area contributed by atoms with E-state index in [1.54, 1.807) is 0 Å². The smallest absolute Gasteiger partial charge is 0.108 e. The molecule has 1 saturated heterocycles. The van der Waals surface area contributed by atoms with Gasteiger partial charge < -0.3 is 9.84 Å². The Morgan fingerprint density at radius 2 is 1.40 bits per heavy atom. The van der Waals surface area contributed by atoms with E-state index in [4.69, 9.17) is 4.74 Å². The molecule has 2 unspecified atom stereocenters. The molecule has 110 valence electrons. The van der Waals surface area contributed by atoms with Crippen molar-refractivity contribution in [1.29, 1.82) is 0 Å². The van der Waals surface area contributed by atoms with E-state index in [-0.39, 0.29) is 6.10 Å². The molecule has 3 rings (SSSR count). The zero-order valence-corrected chi connectivity index (χ0v) is 14.0. The molecule has 2 atom stereocenters. The van der Waals surface area contributed by atoms with E-state index < -0.39 is 0 Å². The molecule has 1 aliphatic carbocycles. The molecule has 0 spiro atoms. The number of hydrogen-bond acceptors (Lipinski definition) is 2. The Balaban J connectivity index is 1.62. The summed E-state index contributed by atoms with van der Waals surface area (Å²) >= 11 is 2.38. The van der Waals surface area contributed by atoms with Crippen molar-refractivity contribution < 1.29 is 9.84 Å². The average molecular weight is 386 g/mol. The predicted octanol–water partition coefficient (Wildman–Crippen LogP) is 4.36. The summed E-state index contributed by atoms with van der Waals surface area (Å²) in [6.07, 6.45) is 6.51. The summed E-state index contributed by atoms with van der Waals surface area (Å²) in [7, 11) is 0. The predicted molar refractivity (Wildman–Crippen MR) is 89.4 cm³/mol. The molecule has 1 aromatic rings. The van der Waals surface area contributed by atoms with Gasteiger partial charge in [0.15, 0.2) is 0 Å². The van der Waals surface area contributed by atoms with Gasteiger partial charge in [-0.1, -0.05) is 46.9 Å². The summed E-state index contributed by atoms with van der Waals surface area (Å²) < 4.78 is 6.16. The number of aliphatic hydroxyl groups is 1. The van der Waals surface area contributed by atoms with Crippen molar-refractivity contribution in [3.05, 3.63) is 35.4 Å². The van der Waals surface area contributed by atoms with Crippen molar-refractivity contribution in [2.24, 2.45) is 0 Å². The summed E-state index contributed by atoms with van der Waals surface area (Å²) in [4.78, 5) is 0. The first-order chi connectivity index (χ1) is 9.72. The second-order valence-corrected chi connectivity index (χ2v) is 7.58. The lowest BCUT2D eigenvalue weighted by Crippen LogP contribution is -2.20. The first kappa shape index (κ1) is 14.8. The van der Waals surface area contributed by atoms with E-state index in [9.17, 15) is 5.11 Å². The molecule has 2 aliphatic rings. The van der Waals surface area contributed by atoms with Crippen LogP contribution in [0.2, 0.25) is 0 Å². The third-order valence-corrected chi connectivity index (χ3v) is 5.78. The van der Waals surface area contributed by atoms with Crippen molar-refractivity contribution in [3.63, 3.8) is 0 Å². The summed E-state index contributed by atoms with van der Waals surface area (Å²) in [6, 6.07) is 9.19. The minimum atomic E-state index is -0.0638. The lowest BCUT2D eigenvalue weighted by molar-refractivity contribution is 0.0676. The minimum Gasteiger partial charge on any atom is -0.393 e. The van der Waals surface area contributed by atoms with Crippen molar-refractivity contribution in [2.75, 3.05) is 6.61 Å². The van der Waals surface area contributed by atoms with Gasteiger partial charge in [0.05, 0.1) is 12.7 Å². The Bertz CT molecular complexity index is 374. The molecule has 1 aliphatic heterocycles. The third kappa shape index (κ3) is 3.55. The van der Waals surface area contributed by atoms with Crippen LogP contribution < -0.4 is 0 Å². The maximum absolute atomic E-state index is 9.60. The molecule has 2 fully saturated rings. The molecule has 0 amide bonds. The van der Waals surface area contributed by atoms with Crippen molar-refractivity contribution in [1.82, 2.24) is 0 Å². The van der Waals surface area contributed by atoms with Gasteiger partial charge in [0.1, 0.15) is 4.11 Å². The quantitative estimate of drug-likeness (QED) is 0.605. The van der Waals surface area contributed by atoms with Crippen LogP contribution in [0.1, 0.15) is 61.5 Å². The van der Waals surface area contributed by atoms with Crippen LogP contribution >= 0.6 is 22.6 Å². The maximum Gasteiger partial charge on any atom is 0.108 e. The van der Waals surface area contributed by atoms with Crippen LogP contribution in [-0.4, -0.2) is 21.9 Å². The van der Waals surface area contributed by atoms with Crippen LogP contribution in [0.5, 0.6) is 0 Å². The Kier molecular flexibility index (Phi) is 5.00. The van der Waals surface area contributed by atoms with E-state index in [2.05, 4.69) is 46.9 Å². The molecule has 0 bridgehead atoms. The molecular formula is C17H23IO2. The molecule has 1 N–H and O–H groups in total. The highest BCUT2D eigenvalue weighted by atomic mass is 127. The highest BCUT2D eigenvalue weighted by Gasteiger charge is 2.23. The normalized spacial score (nSPS) is 34.9. The van der Waals surface area contributed by atoms with Crippen LogP contribution in [0, 0.1) is 0 Å². The largest absolute Gasteiger partial charge is 0.393 e. The number of benzene rings is 1. The van der Waals surface area contributed by atoms with Gasteiger partial charge in [-0.2, -0.15) is 0 Å². The summed E-state index contributed by atoms with van der Waals surface area (Å²) in [5, 5.41) is 9.60. The zero-order valence-electron chi connectivity index (χ0n) is 11.8. The topological polar surface area (TPSA) is 29.5 Å². The number of aliphatic hydroxyl groups excluding tert-OH is 1. The Morgan fingerprint density at radius 1 is 0.850 bits per heavy atom. The second kappa shape index (κ2) is 6.75. The number of alkyl halides is 1. The van der Waals surface area contributed by atoms with Crippen LogP contribution in [0.25, 0.3) is 0 Å². The fourth-order valence-electron chi connectivity index (χ4n) is 3.43. The van der Waals surface area contributed by atoms with Gasteiger partial charge in [-0.15, -0.1) is 0 Å². The number of rotatable bonds is 2. The Morgan fingerprint density at radius 3 is 1.95 bits per heavy atom. The third-order valence-electron chi connectivity index (χ3n) is 4.80. The molecule has 2 nitrogen and oxygen atoms in total. The summed E-state index contributed by atoms with van der Waals surface area (Å²) in [6.45, 7) is 0.864. The van der Waals surface area contributed by atoms with E-state index >= 15 is 0 Å². The number of halogens is 1. The monoisotopic (exact) mass is 386 g/mol. The molecule has 0 aromatic heterocycles. The van der Waals surface area contributed by atoms with Crippen LogP contribution in [-0.2, 0) is 4.74 Å². The first-order valence-corrected chi connectivity index (χ1v) is 9.00. The highest BCUT2D eigenvalue weighted by Crippen LogP contribution is 2.35. The fraction of sp³-hybridized carbons (Fsp3) is 0.647. The molecule has 1 heterocycles. The van der Waals surface area contributed by atoms with Gasteiger partial charge in [0, 0.05) is 5.92 Å². The molecule has 20 heavy (non-hydrogen) atoms. The average Bonchev–Trinajstić information content (AvgIpc) is 2.49. The molecule has 1 saturated carbocycles. The second-order valence-electron chi connectivity index (χ2n) is 6.19. The van der Waals surface area contributed by atoms with Crippen molar-refractivity contribution in [3.8, 4) is 0 Å². The summed E-state index contributed by atoms with van der Waals surface area (Å²) in [5.41, 5.74) is 2.87. The van der Waals surface area contributed by atoms with Crippen molar-refractivity contribution >= 4 is 22.6 Å². The van der Waals surface area contributed by atoms with Gasteiger partial charge in [-0.05, 0) is 55.6 Å². The number of hydrogen-bond donors (Lipinski definition) is 1. The van der Waals surface area contributed by atoms with Crippen molar-refractivity contribution in [2.45, 2.75) is 60.6 Å². The van der Waals surface area contributed by atoms with E-state index in [1.807, 2.05) is 0 Å². The lowest BCUT2D eigenvalue weighted by atomic mass is 9.82. The van der Waals surface area contributed by atoms with E-state index in [1.165, 1.54) is 17.5 Å². The van der Waals surface area contributed by atoms with Gasteiger partial charge >= 0.3 is 0 Å². The zero-order chi connectivity index (χ0) is 13.9. The number of ether oxygens (including phenoxy) is 1. The standard InChI is InChI=1S/C17H23IO2/c18-17-10-7-15(11-20-17)14-3-1-12(2-4-14)13-5-8-16(19)9-6-13/h1-4,13,15-17,19H,5-11H2. The van der Waals surface area contributed by atoms with Gasteiger partial charge in [0.2, 0.25) is 0 Å². The van der Waals surface area contributed by atoms with Gasteiger partial charge in [-0.25, -0.2) is 0 Å². The van der Waals surface area contributed by atoms with Crippen LogP contribution in [0.3, 0.4) is 0 Å². The molecule has 0 radical (unpaired) electrons. The molecule has 1 aromatic carbocycles. The van der Waals surface area contributed by atoms with Crippen LogP contribution in [0.15, 0.2) is 24.3 Å². The van der Waals surface area contributed by atoms with Gasteiger partial charge in [-0.3, -0.25) is 0 Å². The first-order valence-electron chi connectivity index (χ1n) is 7.76. The van der Waals surface area contributed by atoms with E-state index in [0.29, 0.717) is 15.9 Å². The van der Waals surface area contributed by atoms with E-state index in [0.717, 1.165) is 38.7 Å². The SMILES string of the molecule is OC1CCC(c2ccc(C3CCC(I)OC3)cc2)CC1. The Labute approximate surface area is 135 Å². The maximum atomic E-state index is 9.60. The molecule has 3 heteroatoms. The highest BCUT2D eigenvalue weighted by molar-refractivity contribution is 14.1.